The molecule has 0 saturated carbocycles. The number of aromatic nitrogens is 2. The van der Waals surface area contributed by atoms with E-state index in [9.17, 15) is 8.42 Å². The Balaban J connectivity index is 2.47. The molecule has 0 aromatic carbocycles. The van der Waals surface area contributed by atoms with Crippen molar-refractivity contribution in [3.05, 3.63) is 47.4 Å². The molecule has 0 bridgehead atoms. The van der Waals surface area contributed by atoms with E-state index in [-0.39, 0.29) is 28.3 Å². The molecular weight excluding hydrogens is 324 g/mol. The van der Waals surface area contributed by atoms with E-state index in [0.29, 0.717) is 0 Å². The van der Waals surface area contributed by atoms with Crippen molar-refractivity contribution in [3.8, 4) is 0 Å². The van der Waals surface area contributed by atoms with Gasteiger partial charge in [-0.25, -0.2) is 13.4 Å². The number of pyridine rings is 2. The summed E-state index contributed by atoms with van der Waals surface area (Å²) < 4.78 is 27.1. The molecule has 6 nitrogen and oxygen atoms in total. The van der Waals surface area contributed by atoms with Crippen LogP contribution in [0.5, 0.6) is 0 Å². The van der Waals surface area contributed by atoms with Gasteiger partial charge >= 0.3 is 0 Å². The molecule has 0 amide bonds. The zero-order chi connectivity index (χ0) is 16.3. The van der Waals surface area contributed by atoms with Gasteiger partial charge in [0.05, 0.1) is 5.02 Å². The van der Waals surface area contributed by atoms with Crippen LogP contribution in [0.4, 0.5) is 5.82 Å². The minimum atomic E-state index is -3.82. The molecular formula is C14H17ClN4O2S. The van der Waals surface area contributed by atoms with Crippen molar-refractivity contribution in [2.24, 2.45) is 0 Å². The van der Waals surface area contributed by atoms with Crippen LogP contribution in [0.3, 0.4) is 0 Å². The molecule has 2 aromatic heterocycles. The summed E-state index contributed by atoms with van der Waals surface area (Å²) in [4.78, 5) is 7.77. The Kier molecular flexibility index (Phi) is 5.00. The van der Waals surface area contributed by atoms with Crippen molar-refractivity contribution in [2.45, 2.75) is 24.8 Å². The molecule has 0 radical (unpaired) electrons. The van der Waals surface area contributed by atoms with E-state index in [1.54, 1.807) is 32.3 Å². The first kappa shape index (κ1) is 16.7. The second kappa shape index (κ2) is 6.60. The molecule has 0 aliphatic rings. The monoisotopic (exact) mass is 340 g/mol. The number of hydrogen-bond acceptors (Lipinski definition) is 5. The summed E-state index contributed by atoms with van der Waals surface area (Å²) >= 11 is 5.86. The summed E-state index contributed by atoms with van der Waals surface area (Å²) in [7, 11) is -3.82. The first-order valence-corrected chi connectivity index (χ1v) is 8.52. The molecule has 0 saturated heterocycles. The molecule has 0 aliphatic carbocycles. The summed E-state index contributed by atoms with van der Waals surface area (Å²) in [6, 6.07) is 4.52. The summed E-state index contributed by atoms with van der Waals surface area (Å²) in [5.41, 5.74) is 6.51. The fourth-order valence-electron chi connectivity index (χ4n) is 2.21. The SMILES string of the molecule is CCN([C@@H](C)c1cccnc1)S(=O)(=O)c1cc(Cl)cnc1N. The molecule has 0 spiro atoms. The zero-order valence-electron chi connectivity index (χ0n) is 12.3. The van der Waals surface area contributed by atoms with Gasteiger partial charge in [-0.1, -0.05) is 24.6 Å². The molecule has 118 valence electrons. The second-order valence-corrected chi connectivity index (χ2v) is 7.00. The third kappa shape index (κ3) is 3.21. The number of nitrogens with zero attached hydrogens (tertiary/aromatic N) is 3. The highest BCUT2D eigenvalue weighted by Crippen LogP contribution is 2.30. The lowest BCUT2D eigenvalue weighted by atomic mass is 10.1. The van der Waals surface area contributed by atoms with Crippen molar-refractivity contribution in [2.75, 3.05) is 12.3 Å². The summed E-state index contributed by atoms with van der Waals surface area (Å²) in [6.45, 7) is 3.84. The van der Waals surface area contributed by atoms with Crippen LogP contribution in [0.25, 0.3) is 0 Å². The van der Waals surface area contributed by atoms with E-state index in [4.69, 9.17) is 17.3 Å². The van der Waals surface area contributed by atoms with E-state index in [1.165, 1.54) is 16.6 Å². The van der Waals surface area contributed by atoms with Gasteiger partial charge in [0.25, 0.3) is 0 Å². The van der Waals surface area contributed by atoms with Crippen LogP contribution in [-0.4, -0.2) is 29.2 Å². The smallest absolute Gasteiger partial charge is 0.247 e. The highest BCUT2D eigenvalue weighted by Gasteiger charge is 2.31. The van der Waals surface area contributed by atoms with Crippen LogP contribution >= 0.6 is 11.6 Å². The number of nitrogen functional groups attached to an aromatic ring is 1. The van der Waals surface area contributed by atoms with Gasteiger partial charge in [-0.3, -0.25) is 4.98 Å². The van der Waals surface area contributed by atoms with Crippen molar-refractivity contribution >= 4 is 27.4 Å². The summed E-state index contributed by atoms with van der Waals surface area (Å²) in [5, 5.41) is 0.220. The summed E-state index contributed by atoms with van der Waals surface area (Å²) in [5.74, 6) is -0.0683. The molecule has 0 unspecified atom stereocenters. The molecule has 0 fully saturated rings. The predicted molar refractivity (Wildman–Crippen MR) is 85.9 cm³/mol. The van der Waals surface area contributed by atoms with Gasteiger partial charge in [-0.05, 0) is 24.6 Å². The van der Waals surface area contributed by atoms with Crippen molar-refractivity contribution in [1.29, 1.82) is 0 Å². The second-order valence-electron chi connectivity index (χ2n) is 4.71. The lowest BCUT2D eigenvalue weighted by molar-refractivity contribution is 0.356. The quantitative estimate of drug-likeness (QED) is 0.903. The normalized spacial score (nSPS) is 13.3. The van der Waals surface area contributed by atoms with Gasteiger partial charge in [0.2, 0.25) is 10.0 Å². The maximum atomic E-state index is 12.9. The van der Waals surface area contributed by atoms with Gasteiger partial charge in [0, 0.05) is 31.2 Å². The van der Waals surface area contributed by atoms with E-state index >= 15 is 0 Å². The molecule has 2 aromatic rings. The maximum Gasteiger partial charge on any atom is 0.247 e. The van der Waals surface area contributed by atoms with Crippen LogP contribution in [0.15, 0.2) is 41.7 Å². The van der Waals surface area contributed by atoms with Crippen LogP contribution in [0, 0.1) is 0 Å². The topological polar surface area (TPSA) is 89.2 Å². The Hall–Kier alpha value is -1.70. The molecule has 8 heteroatoms. The Labute approximate surface area is 135 Å². The van der Waals surface area contributed by atoms with Gasteiger partial charge in [0.1, 0.15) is 10.7 Å². The Bertz CT molecular complexity index is 753. The van der Waals surface area contributed by atoms with Gasteiger partial charge < -0.3 is 5.73 Å². The zero-order valence-corrected chi connectivity index (χ0v) is 13.8. The first-order chi connectivity index (χ1) is 10.4. The Morgan fingerprint density at radius 1 is 1.41 bits per heavy atom. The van der Waals surface area contributed by atoms with Crippen molar-refractivity contribution in [1.82, 2.24) is 14.3 Å². The third-order valence-corrected chi connectivity index (χ3v) is 5.63. The molecule has 2 rings (SSSR count). The van der Waals surface area contributed by atoms with E-state index in [2.05, 4.69) is 9.97 Å². The van der Waals surface area contributed by atoms with E-state index in [1.807, 2.05) is 6.07 Å². The fraction of sp³-hybridized carbons (Fsp3) is 0.286. The number of nitrogens with two attached hydrogens (primary N) is 1. The molecule has 0 aliphatic heterocycles. The van der Waals surface area contributed by atoms with Crippen LogP contribution in [0.2, 0.25) is 5.02 Å². The van der Waals surface area contributed by atoms with E-state index < -0.39 is 10.0 Å². The standard InChI is InChI=1S/C14H17ClN4O2S/c1-3-19(10(2)11-5-4-6-17-8-11)22(20,21)13-7-12(15)9-18-14(13)16/h4-10H,3H2,1-2H3,(H2,16,18)/t10-/m0/s1. The fourth-order valence-corrected chi connectivity index (χ4v) is 4.15. The summed E-state index contributed by atoms with van der Waals surface area (Å²) in [6.07, 6.45) is 4.60. The number of hydrogen-bond donors (Lipinski definition) is 1. The largest absolute Gasteiger partial charge is 0.383 e. The lowest BCUT2D eigenvalue weighted by Crippen LogP contribution is -2.34. The number of sulfonamides is 1. The molecule has 2 N–H and O–H groups in total. The Morgan fingerprint density at radius 3 is 2.73 bits per heavy atom. The highest BCUT2D eigenvalue weighted by molar-refractivity contribution is 7.89. The number of rotatable bonds is 5. The van der Waals surface area contributed by atoms with Crippen LogP contribution in [-0.2, 0) is 10.0 Å². The first-order valence-electron chi connectivity index (χ1n) is 6.70. The lowest BCUT2D eigenvalue weighted by Gasteiger charge is -2.27. The average Bonchev–Trinajstić information content (AvgIpc) is 2.50. The van der Waals surface area contributed by atoms with Crippen molar-refractivity contribution < 1.29 is 8.42 Å². The van der Waals surface area contributed by atoms with Gasteiger partial charge in [0.15, 0.2) is 0 Å². The highest BCUT2D eigenvalue weighted by atomic mass is 35.5. The minimum Gasteiger partial charge on any atom is -0.383 e. The molecule has 1 atom stereocenters. The average molecular weight is 341 g/mol. The predicted octanol–water partition coefficient (Wildman–Crippen LogP) is 2.48. The number of anilines is 1. The van der Waals surface area contributed by atoms with Gasteiger partial charge in [-0.15, -0.1) is 0 Å². The maximum absolute atomic E-state index is 12.9. The van der Waals surface area contributed by atoms with Gasteiger partial charge in [-0.2, -0.15) is 4.31 Å². The molecule has 22 heavy (non-hydrogen) atoms. The molecule has 2 heterocycles. The van der Waals surface area contributed by atoms with Crippen molar-refractivity contribution in [3.63, 3.8) is 0 Å². The Morgan fingerprint density at radius 2 is 2.14 bits per heavy atom. The van der Waals surface area contributed by atoms with Crippen LogP contribution in [0.1, 0.15) is 25.5 Å². The van der Waals surface area contributed by atoms with E-state index in [0.717, 1.165) is 5.56 Å². The minimum absolute atomic E-state index is 0.0683. The number of halogens is 1. The third-order valence-electron chi connectivity index (χ3n) is 3.35. The van der Waals surface area contributed by atoms with Crippen LogP contribution < -0.4 is 5.73 Å².